The second-order valence-electron chi connectivity index (χ2n) is 18.1. The van der Waals surface area contributed by atoms with Crippen molar-refractivity contribution >= 4 is 47.6 Å². The number of guanidine groups is 2. The number of nitrogens with zero attached hydrogens (tertiary/aromatic N) is 3. The Morgan fingerprint density at radius 2 is 1.06 bits per heavy atom. The molecule has 452 valence electrons. The van der Waals surface area contributed by atoms with Gasteiger partial charge in [-0.1, -0.05) is 20.3 Å². The highest BCUT2D eigenvalue weighted by atomic mass is 16.6. The van der Waals surface area contributed by atoms with Gasteiger partial charge in [-0.15, -0.1) is 0 Å². The number of rotatable bonds is 43. The molecule has 0 aliphatic carbocycles. The van der Waals surface area contributed by atoms with Crippen LogP contribution in [0.25, 0.3) is 0 Å². The molecular weight excluding hydrogens is 1050 g/mol. The van der Waals surface area contributed by atoms with Crippen molar-refractivity contribution in [3.63, 3.8) is 0 Å². The molecule has 0 saturated carbocycles. The third-order valence-corrected chi connectivity index (χ3v) is 11.8. The number of aliphatic hydroxyl groups excluding tert-OH is 4. The number of carbonyl (C=O) groups is 6. The highest BCUT2D eigenvalue weighted by Crippen LogP contribution is 2.31. The molecular formula is C49H84N8O22. The monoisotopic (exact) mass is 1140 g/mol. The van der Waals surface area contributed by atoms with Gasteiger partial charge in [0, 0.05) is 52.0 Å². The topological polar surface area (TPSA) is 460 Å². The van der Waals surface area contributed by atoms with Crippen molar-refractivity contribution in [2.24, 2.45) is 38.8 Å². The molecule has 0 spiro atoms. The molecule has 0 aromatic rings. The lowest BCUT2D eigenvalue weighted by Crippen LogP contribution is -2.60. The molecule has 0 saturated heterocycles. The number of nitrogens with two attached hydrogens (primary N) is 4. The van der Waals surface area contributed by atoms with Crippen LogP contribution in [0.1, 0.15) is 72.1 Å². The number of hydrogen-bond donors (Lipinski definition) is 11. The molecule has 0 fully saturated rings. The predicted molar refractivity (Wildman–Crippen MR) is 277 cm³/mol. The highest BCUT2D eigenvalue weighted by Gasteiger charge is 2.47. The van der Waals surface area contributed by atoms with Gasteiger partial charge in [0.1, 0.15) is 18.3 Å². The number of amides is 2. The number of aliphatic hydroxyl groups is 4. The fourth-order valence-corrected chi connectivity index (χ4v) is 7.91. The van der Waals surface area contributed by atoms with E-state index in [2.05, 4.69) is 15.3 Å². The summed E-state index contributed by atoms with van der Waals surface area (Å²) in [5.74, 6) is -8.12. The normalized spacial score (nSPS) is 20.3. The van der Waals surface area contributed by atoms with Crippen LogP contribution in [0.5, 0.6) is 0 Å². The lowest BCUT2D eigenvalue weighted by molar-refractivity contribution is -0.176. The van der Waals surface area contributed by atoms with E-state index in [0.717, 1.165) is 19.4 Å². The van der Waals surface area contributed by atoms with Gasteiger partial charge in [-0.25, -0.2) is 19.6 Å². The summed E-state index contributed by atoms with van der Waals surface area (Å²) in [7, 11) is 0. The van der Waals surface area contributed by atoms with Crippen LogP contribution in [0, 0.1) is 5.92 Å². The number of nitrogens with one attached hydrogen (secondary N) is 1. The average molecular weight is 1140 g/mol. The van der Waals surface area contributed by atoms with Crippen molar-refractivity contribution in [1.82, 2.24) is 10.2 Å². The summed E-state index contributed by atoms with van der Waals surface area (Å²) in [5, 5.41) is 62.7. The van der Waals surface area contributed by atoms with Gasteiger partial charge in [-0.05, 0) is 37.8 Å². The zero-order chi connectivity index (χ0) is 58.7. The van der Waals surface area contributed by atoms with Gasteiger partial charge in [-0.3, -0.25) is 19.2 Å². The van der Waals surface area contributed by atoms with Gasteiger partial charge in [0.05, 0.1) is 104 Å². The molecule has 30 nitrogen and oxygen atoms in total. The standard InChI is InChI=1S/C49H84N8O22/c1-4-14-70-18-22-74-24-25-75-23-20-72-16-11-38(63)57(12-7-5-6-9-39(64)79-44(35(62)29-59)45-41(54-31(3)60)33(56-49(52)53)27-37(77-45)47(68)69)13-17-73-21-19-71-15-8-10-40(65)78-43(34(61)28-58)42-30(2)32(55-48(50)51)26-36(76-42)46(66)67/h26-27,30,32-35,41-45,58-59,61-62H,4-25,28-29H2,1-3H3,(H,54,60)(H,66,67)(H,68,69)(H4,50,51,55)(H4,52,53,56)/t30-,32+,33+,34-,35-,41-,42-,43-,44?,45-/m1/s1. The fraction of sp³-hybridized carbons (Fsp3) is 0.755. The number of ether oxygens (including phenoxy) is 10. The molecule has 2 amide bonds. The summed E-state index contributed by atoms with van der Waals surface area (Å²) >= 11 is 0. The molecule has 2 aliphatic rings. The van der Waals surface area contributed by atoms with Crippen molar-refractivity contribution in [2.75, 3.05) is 106 Å². The largest absolute Gasteiger partial charge is 0.479 e. The maximum Gasteiger partial charge on any atom is 0.370 e. The molecule has 15 N–H and O–H groups in total. The fourth-order valence-electron chi connectivity index (χ4n) is 7.91. The van der Waals surface area contributed by atoms with Crippen LogP contribution in [-0.2, 0) is 76.1 Å². The summed E-state index contributed by atoms with van der Waals surface area (Å²) in [6, 6.07) is -3.36. The number of aliphatic carboxylic acids is 2. The summed E-state index contributed by atoms with van der Waals surface area (Å²) in [6.07, 6.45) is -5.28. The van der Waals surface area contributed by atoms with E-state index in [1.807, 2.05) is 6.92 Å². The van der Waals surface area contributed by atoms with Crippen LogP contribution in [0.3, 0.4) is 0 Å². The van der Waals surface area contributed by atoms with Gasteiger partial charge in [0.15, 0.2) is 30.2 Å². The Kier molecular flexibility index (Phi) is 34.5. The van der Waals surface area contributed by atoms with Crippen molar-refractivity contribution in [3.8, 4) is 0 Å². The van der Waals surface area contributed by atoms with Crippen LogP contribution in [0.4, 0.5) is 0 Å². The SMILES string of the molecule is CCCOCCOCCOCCOCCC(=O)N(CCCCCC(=O)OC([C@H](O)CO)[C@@H]1OC(C(=O)O)=C[C@H](N=C(N)N)[C@H]1NC(C)=O)CCOCCOCCCC(=O)O[C@@H]([C@@H]1OC(C(=O)O)=C[C@H](N=C(N)N)[C@H]1C)[C@H](O)CO. The summed E-state index contributed by atoms with van der Waals surface area (Å²) in [4.78, 5) is 84.9. The van der Waals surface area contributed by atoms with E-state index in [1.165, 1.54) is 6.08 Å². The molecule has 0 aromatic carbocycles. The molecule has 2 aliphatic heterocycles. The van der Waals surface area contributed by atoms with E-state index in [1.54, 1.807) is 11.8 Å². The minimum Gasteiger partial charge on any atom is -0.479 e. The second kappa shape index (κ2) is 39.4. The number of carboxylic acids is 2. The maximum absolute atomic E-state index is 13.4. The number of esters is 2. The first kappa shape index (κ1) is 69.1. The first-order valence-corrected chi connectivity index (χ1v) is 26.1. The van der Waals surface area contributed by atoms with E-state index in [0.29, 0.717) is 52.5 Å². The van der Waals surface area contributed by atoms with Crippen LogP contribution < -0.4 is 28.3 Å². The number of aliphatic imine (C=N–C) groups is 2. The molecule has 30 heteroatoms. The first-order valence-electron chi connectivity index (χ1n) is 26.1. The van der Waals surface area contributed by atoms with Gasteiger partial charge in [0.25, 0.3) is 0 Å². The van der Waals surface area contributed by atoms with Crippen molar-refractivity contribution < 1.29 is 107 Å². The van der Waals surface area contributed by atoms with Gasteiger partial charge in [0.2, 0.25) is 23.3 Å². The van der Waals surface area contributed by atoms with E-state index < -0.39 is 121 Å². The molecule has 0 bridgehead atoms. The number of carboxylic acid groups (broad SMARTS) is 2. The number of hydrogen-bond acceptors (Lipinski definition) is 22. The first-order chi connectivity index (χ1) is 37.7. The van der Waals surface area contributed by atoms with Crippen molar-refractivity contribution in [1.29, 1.82) is 0 Å². The lowest BCUT2D eigenvalue weighted by atomic mass is 9.87. The number of unbranched alkanes of at least 4 members (excludes halogenated alkanes) is 2. The Bertz CT molecular complexity index is 1970. The van der Waals surface area contributed by atoms with Crippen molar-refractivity contribution in [2.45, 2.75) is 127 Å². The smallest absolute Gasteiger partial charge is 0.370 e. The Morgan fingerprint density at radius 1 is 0.608 bits per heavy atom. The lowest BCUT2D eigenvalue weighted by Gasteiger charge is -2.39. The minimum atomic E-state index is -1.79. The Balaban J connectivity index is 1.94. The molecule has 10 atom stereocenters. The Labute approximate surface area is 458 Å². The van der Waals surface area contributed by atoms with E-state index in [9.17, 15) is 59.4 Å². The maximum atomic E-state index is 13.4. The molecule has 2 rings (SSSR count). The zero-order valence-electron chi connectivity index (χ0n) is 45.3. The van der Waals surface area contributed by atoms with Crippen LogP contribution in [0.15, 0.2) is 33.7 Å². The molecule has 0 radical (unpaired) electrons. The minimum absolute atomic E-state index is 0.0458. The number of carbonyl (C=O) groups excluding carboxylic acids is 4. The Morgan fingerprint density at radius 3 is 1.57 bits per heavy atom. The average Bonchev–Trinajstić information content (AvgIpc) is 3.41. The summed E-state index contributed by atoms with van der Waals surface area (Å²) in [5.41, 5.74) is 22.1. The molecule has 0 aromatic heterocycles. The molecule has 79 heavy (non-hydrogen) atoms. The van der Waals surface area contributed by atoms with Crippen LogP contribution >= 0.6 is 0 Å². The quantitative estimate of drug-likeness (QED) is 0.0124. The van der Waals surface area contributed by atoms with E-state index >= 15 is 0 Å². The zero-order valence-corrected chi connectivity index (χ0v) is 45.3. The van der Waals surface area contributed by atoms with Gasteiger partial charge >= 0.3 is 23.9 Å². The molecule has 1 unspecified atom stereocenters. The van der Waals surface area contributed by atoms with E-state index in [4.69, 9.17) is 70.3 Å². The van der Waals surface area contributed by atoms with Crippen molar-refractivity contribution in [3.05, 3.63) is 23.7 Å². The van der Waals surface area contributed by atoms with Crippen LogP contribution in [-0.4, -0.2) is 243 Å². The predicted octanol–water partition coefficient (Wildman–Crippen LogP) is -3.26. The molecule has 2 heterocycles. The van der Waals surface area contributed by atoms with E-state index in [-0.39, 0.29) is 96.7 Å². The third-order valence-electron chi connectivity index (χ3n) is 11.8. The van der Waals surface area contributed by atoms with Gasteiger partial charge in [-0.2, -0.15) is 0 Å². The Hall–Kier alpha value is -5.96. The third kappa shape index (κ3) is 27.7. The summed E-state index contributed by atoms with van der Waals surface area (Å²) in [6.45, 7) is 6.99. The second-order valence-corrected chi connectivity index (χ2v) is 18.1. The van der Waals surface area contributed by atoms with Gasteiger partial charge < -0.3 is 111 Å². The highest BCUT2D eigenvalue weighted by molar-refractivity contribution is 5.86. The summed E-state index contributed by atoms with van der Waals surface area (Å²) < 4.78 is 55.5. The van der Waals surface area contributed by atoms with Crippen LogP contribution in [0.2, 0.25) is 0 Å².